The van der Waals surface area contributed by atoms with Crippen molar-refractivity contribution < 1.29 is 4.79 Å². The third-order valence-electron chi connectivity index (χ3n) is 5.26. The van der Waals surface area contributed by atoms with Crippen LogP contribution in [0.3, 0.4) is 0 Å². The summed E-state index contributed by atoms with van der Waals surface area (Å²) in [5.74, 6) is 1.98. The van der Waals surface area contributed by atoms with Gasteiger partial charge in [-0.15, -0.1) is 0 Å². The van der Waals surface area contributed by atoms with Crippen molar-refractivity contribution in [1.29, 1.82) is 0 Å². The molecule has 1 saturated heterocycles. The number of hydrogen-bond donors (Lipinski definition) is 1. The maximum absolute atomic E-state index is 13.0. The van der Waals surface area contributed by atoms with Crippen LogP contribution in [0.15, 0.2) is 0 Å². The van der Waals surface area contributed by atoms with E-state index in [-0.39, 0.29) is 12.2 Å². The monoisotopic (exact) mass is 294 g/mol. The highest BCUT2D eigenvalue weighted by atomic mass is 16.2. The third-order valence-corrected chi connectivity index (χ3v) is 5.26. The smallest absolute Gasteiger partial charge is 0.241 e. The van der Waals surface area contributed by atoms with Crippen molar-refractivity contribution in [2.45, 2.75) is 91.4 Å². The fourth-order valence-electron chi connectivity index (χ4n) is 4.06. The molecular weight excluding hydrogens is 260 g/mol. The standard InChI is InChI=1S/C18H34N2O/c1-12(2)11-16-19-17(13(3)4)18(21)20(16)15-10-8-6-7-9-14(15)5/h12-17,19H,6-11H2,1-5H3. The Labute approximate surface area is 130 Å². The van der Waals surface area contributed by atoms with E-state index in [9.17, 15) is 4.79 Å². The topological polar surface area (TPSA) is 32.3 Å². The summed E-state index contributed by atoms with van der Waals surface area (Å²) in [6.45, 7) is 11.2. The number of nitrogens with zero attached hydrogens (tertiary/aromatic N) is 1. The number of carbonyl (C=O) groups excluding carboxylic acids is 1. The van der Waals surface area contributed by atoms with Crippen LogP contribution < -0.4 is 5.32 Å². The predicted octanol–water partition coefficient (Wildman–Crippen LogP) is 3.78. The average Bonchev–Trinajstić information content (AvgIpc) is 2.57. The van der Waals surface area contributed by atoms with E-state index in [1.54, 1.807) is 0 Å². The molecule has 0 radical (unpaired) electrons. The van der Waals surface area contributed by atoms with Crippen molar-refractivity contribution in [2.24, 2.45) is 17.8 Å². The summed E-state index contributed by atoms with van der Waals surface area (Å²) < 4.78 is 0. The lowest BCUT2D eigenvalue weighted by Gasteiger charge is -2.36. The molecule has 1 N–H and O–H groups in total. The SMILES string of the molecule is CC(C)CC1NC(C(C)C)C(=O)N1C1CCCCCC1C. The van der Waals surface area contributed by atoms with E-state index >= 15 is 0 Å². The summed E-state index contributed by atoms with van der Waals surface area (Å²) in [6.07, 6.45) is 7.71. The Morgan fingerprint density at radius 2 is 1.81 bits per heavy atom. The van der Waals surface area contributed by atoms with Gasteiger partial charge in [0.1, 0.15) is 0 Å². The molecule has 1 amide bonds. The Morgan fingerprint density at radius 1 is 1.14 bits per heavy atom. The van der Waals surface area contributed by atoms with E-state index < -0.39 is 0 Å². The van der Waals surface area contributed by atoms with Crippen LogP contribution in [0.1, 0.15) is 73.1 Å². The van der Waals surface area contributed by atoms with Gasteiger partial charge in [0.2, 0.25) is 5.91 Å². The second kappa shape index (κ2) is 7.13. The summed E-state index contributed by atoms with van der Waals surface area (Å²) >= 11 is 0. The zero-order valence-electron chi connectivity index (χ0n) is 14.6. The van der Waals surface area contributed by atoms with E-state index in [4.69, 9.17) is 0 Å². The predicted molar refractivity (Wildman–Crippen MR) is 87.9 cm³/mol. The van der Waals surface area contributed by atoms with E-state index in [1.165, 1.54) is 32.1 Å². The highest BCUT2D eigenvalue weighted by Gasteiger charge is 2.44. The van der Waals surface area contributed by atoms with Crippen molar-refractivity contribution in [3.8, 4) is 0 Å². The zero-order chi connectivity index (χ0) is 15.6. The molecule has 0 aromatic heterocycles. The summed E-state index contributed by atoms with van der Waals surface area (Å²) in [4.78, 5) is 15.2. The molecule has 1 aliphatic heterocycles. The quantitative estimate of drug-likeness (QED) is 0.800. The second-order valence-corrected chi connectivity index (χ2v) is 7.96. The average molecular weight is 294 g/mol. The minimum absolute atomic E-state index is 0.0178. The van der Waals surface area contributed by atoms with Crippen molar-refractivity contribution in [1.82, 2.24) is 10.2 Å². The van der Waals surface area contributed by atoms with E-state index in [0.717, 1.165) is 6.42 Å². The number of nitrogens with one attached hydrogen (secondary N) is 1. The van der Waals surface area contributed by atoms with Gasteiger partial charge in [-0.05, 0) is 37.0 Å². The summed E-state index contributed by atoms with van der Waals surface area (Å²) in [5.41, 5.74) is 0. The van der Waals surface area contributed by atoms with Gasteiger partial charge in [-0.25, -0.2) is 0 Å². The largest absolute Gasteiger partial charge is 0.323 e. The van der Waals surface area contributed by atoms with Crippen LogP contribution in [0, 0.1) is 17.8 Å². The van der Waals surface area contributed by atoms with Gasteiger partial charge in [0.15, 0.2) is 0 Å². The fraction of sp³-hybridized carbons (Fsp3) is 0.944. The molecule has 3 heteroatoms. The van der Waals surface area contributed by atoms with Gasteiger partial charge in [0.25, 0.3) is 0 Å². The van der Waals surface area contributed by atoms with Crippen LogP contribution in [0.5, 0.6) is 0 Å². The molecule has 2 rings (SSSR count). The first-order chi connectivity index (χ1) is 9.91. The second-order valence-electron chi connectivity index (χ2n) is 7.96. The highest BCUT2D eigenvalue weighted by molar-refractivity contribution is 5.85. The van der Waals surface area contributed by atoms with Crippen LogP contribution in [-0.4, -0.2) is 29.1 Å². The zero-order valence-corrected chi connectivity index (χ0v) is 14.6. The Kier molecular flexibility index (Phi) is 5.70. The van der Waals surface area contributed by atoms with Crippen molar-refractivity contribution >= 4 is 5.91 Å². The van der Waals surface area contributed by atoms with Gasteiger partial charge in [0, 0.05) is 6.04 Å². The van der Waals surface area contributed by atoms with E-state index in [1.807, 2.05) is 0 Å². The molecule has 2 fully saturated rings. The normalized spacial score (nSPS) is 34.8. The van der Waals surface area contributed by atoms with Crippen molar-refractivity contribution in [3.05, 3.63) is 0 Å². The maximum atomic E-state index is 13.0. The maximum Gasteiger partial charge on any atom is 0.241 e. The molecule has 1 heterocycles. The van der Waals surface area contributed by atoms with Crippen molar-refractivity contribution in [2.75, 3.05) is 0 Å². The lowest BCUT2D eigenvalue weighted by Crippen LogP contribution is -2.47. The van der Waals surface area contributed by atoms with E-state index in [0.29, 0.717) is 29.7 Å². The van der Waals surface area contributed by atoms with Gasteiger partial charge < -0.3 is 4.90 Å². The van der Waals surface area contributed by atoms with Gasteiger partial charge in [-0.2, -0.15) is 0 Å². The number of rotatable bonds is 4. The van der Waals surface area contributed by atoms with Gasteiger partial charge >= 0.3 is 0 Å². The van der Waals surface area contributed by atoms with Crippen LogP contribution in [0.4, 0.5) is 0 Å². The molecule has 122 valence electrons. The fourth-order valence-corrected chi connectivity index (χ4v) is 4.06. The summed E-state index contributed by atoms with van der Waals surface area (Å²) in [5, 5.41) is 3.64. The molecular formula is C18H34N2O. The number of amides is 1. The number of carbonyl (C=O) groups is 1. The molecule has 1 aliphatic carbocycles. The Morgan fingerprint density at radius 3 is 2.43 bits per heavy atom. The van der Waals surface area contributed by atoms with Gasteiger partial charge in [-0.3, -0.25) is 10.1 Å². The first-order valence-corrected chi connectivity index (χ1v) is 9.00. The molecule has 0 spiro atoms. The lowest BCUT2D eigenvalue weighted by atomic mass is 9.93. The molecule has 21 heavy (non-hydrogen) atoms. The molecule has 4 atom stereocenters. The summed E-state index contributed by atoms with van der Waals surface area (Å²) in [7, 11) is 0. The van der Waals surface area contributed by atoms with Crippen LogP contribution in [0.2, 0.25) is 0 Å². The first kappa shape index (κ1) is 16.8. The van der Waals surface area contributed by atoms with E-state index in [2.05, 4.69) is 44.8 Å². The third kappa shape index (κ3) is 3.80. The highest BCUT2D eigenvalue weighted by Crippen LogP contribution is 2.33. The first-order valence-electron chi connectivity index (χ1n) is 9.00. The number of hydrogen-bond acceptors (Lipinski definition) is 2. The summed E-state index contributed by atoms with van der Waals surface area (Å²) in [6, 6.07) is 0.462. The molecule has 0 aromatic rings. The minimum atomic E-state index is 0.0178. The minimum Gasteiger partial charge on any atom is -0.323 e. The van der Waals surface area contributed by atoms with Gasteiger partial charge in [-0.1, -0.05) is 53.9 Å². The van der Waals surface area contributed by atoms with Crippen molar-refractivity contribution in [3.63, 3.8) is 0 Å². The molecule has 4 unspecified atom stereocenters. The van der Waals surface area contributed by atoms with Crippen LogP contribution in [0.25, 0.3) is 0 Å². The molecule has 1 saturated carbocycles. The Bertz CT molecular complexity index is 353. The van der Waals surface area contributed by atoms with Crippen LogP contribution in [-0.2, 0) is 4.79 Å². The molecule has 3 nitrogen and oxygen atoms in total. The molecule has 0 aromatic carbocycles. The lowest BCUT2D eigenvalue weighted by molar-refractivity contribution is -0.134. The Hall–Kier alpha value is -0.570. The molecule has 0 bridgehead atoms. The molecule has 2 aliphatic rings. The Balaban J connectivity index is 2.20. The van der Waals surface area contributed by atoms with Crippen LogP contribution >= 0.6 is 0 Å². The van der Waals surface area contributed by atoms with Gasteiger partial charge in [0.05, 0.1) is 12.2 Å².